The number of rotatable bonds is 2. The Morgan fingerprint density at radius 2 is 2.05 bits per heavy atom. The van der Waals surface area contributed by atoms with E-state index in [9.17, 15) is 9.18 Å². The summed E-state index contributed by atoms with van der Waals surface area (Å²) < 4.78 is 14.5. The number of aryl methyl sites for hydroxylation is 2. The van der Waals surface area contributed by atoms with Gasteiger partial charge in [-0.15, -0.1) is 0 Å². The van der Waals surface area contributed by atoms with Gasteiger partial charge in [0.05, 0.1) is 15.8 Å². The van der Waals surface area contributed by atoms with Crippen LogP contribution in [0.25, 0.3) is 10.2 Å². The SMILES string of the molecule is Cc1cc(C)c2nc(NC(=O)c3ccc(F)cc3Br)sc2c1. The van der Waals surface area contributed by atoms with Crippen LogP contribution in [0.4, 0.5) is 9.52 Å². The molecule has 0 saturated heterocycles. The van der Waals surface area contributed by atoms with Gasteiger partial charge in [-0.2, -0.15) is 0 Å². The minimum absolute atomic E-state index is 0.319. The number of aromatic nitrogens is 1. The van der Waals surface area contributed by atoms with E-state index in [1.165, 1.54) is 29.5 Å². The Morgan fingerprint density at radius 1 is 1.27 bits per heavy atom. The highest BCUT2D eigenvalue weighted by molar-refractivity contribution is 9.10. The summed E-state index contributed by atoms with van der Waals surface area (Å²) in [6.45, 7) is 4.03. The minimum Gasteiger partial charge on any atom is -0.298 e. The van der Waals surface area contributed by atoms with Gasteiger partial charge in [0.1, 0.15) is 5.82 Å². The number of carbonyl (C=O) groups is 1. The predicted octanol–water partition coefficient (Wildman–Crippen LogP) is 5.07. The van der Waals surface area contributed by atoms with Crippen molar-refractivity contribution in [2.75, 3.05) is 5.32 Å². The molecule has 3 nitrogen and oxygen atoms in total. The summed E-state index contributed by atoms with van der Waals surface area (Å²) >= 11 is 4.62. The number of nitrogens with zero attached hydrogens (tertiary/aromatic N) is 1. The second-order valence-corrected chi connectivity index (χ2v) is 6.91. The molecule has 0 aliphatic rings. The Kier molecular flexibility index (Phi) is 3.97. The molecule has 0 spiro atoms. The maximum atomic E-state index is 13.1. The van der Waals surface area contributed by atoms with E-state index in [0.717, 1.165) is 21.3 Å². The first kappa shape index (κ1) is 15.1. The molecule has 0 fully saturated rings. The molecule has 0 aliphatic carbocycles. The second kappa shape index (κ2) is 5.78. The number of nitrogens with one attached hydrogen (secondary N) is 1. The van der Waals surface area contributed by atoms with E-state index in [2.05, 4.69) is 32.3 Å². The summed E-state index contributed by atoms with van der Waals surface area (Å²) in [5, 5.41) is 3.30. The van der Waals surface area contributed by atoms with Gasteiger partial charge in [0.25, 0.3) is 5.91 Å². The second-order valence-electron chi connectivity index (χ2n) is 5.03. The summed E-state index contributed by atoms with van der Waals surface area (Å²) in [4.78, 5) is 16.7. The van der Waals surface area contributed by atoms with Crippen molar-refractivity contribution in [1.82, 2.24) is 4.98 Å². The topological polar surface area (TPSA) is 42.0 Å². The number of amides is 1. The number of benzene rings is 2. The lowest BCUT2D eigenvalue weighted by Gasteiger charge is -2.04. The minimum atomic E-state index is -0.394. The molecule has 6 heteroatoms. The molecule has 3 aromatic rings. The average molecular weight is 379 g/mol. The van der Waals surface area contributed by atoms with Crippen LogP contribution in [0.15, 0.2) is 34.8 Å². The zero-order valence-corrected chi connectivity index (χ0v) is 14.3. The third-order valence-corrected chi connectivity index (χ3v) is 4.80. The van der Waals surface area contributed by atoms with Crippen molar-refractivity contribution >= 4 is 48.5 Å². The fourth-order valence-electron chi connectivity index (χ4n) is 2.26. The van der Waals surface area contributed by atoms with Crippen molar-refractivity contribution in [2.45, 2.75) is 13.8 Å². The van der Waals surface area contributed by atoms with Crippen LogP contribution in [0.3, 0.4) is 0 Å². The highest BCUT2D eigenvalue weighted by Crippen LogP contribution is 2.30. The normalized spacial score (nSPS) is 10.9. The zero-order valence-electron chi connectivity index (χ0n) is 11.9. The van der Waals surface area contributed by atoms with Gasteiger partial charge >= 0.3 is 0 Å². The van der Waals surface area contributed by atoms with Gasteiger partial charge in [0.15, 0.2) is 5.13 Å². The maximum Gasteiger partial charge on any atom is 0.258 e. The Morgan fingerprint density at radius 3 is 2.77 bits per heavy atom. The summed E-state index contributed by atoms with van der Waals surface area (Å²) in [5.41, 5.74) is 3.50. The van der Waals surface area contributed by atoms with Crippen molar-refractivity contribution in [1.29, 1.82) is 0 Å². The highest BCUT2D eigenvalue weighted by Gasteiger charge is 2.14. The van der Waals surface area contributed by atoms with E-state index < -0.39 is 5.82 Å². The van der Waals surface area contributed by atoms with Crippen molar-refractivity contribution in [3.63, 3.8) is 0 Å². The molecule has 1 N–H and O–H groups in total. The van der Waals surface area contributed by atoms with E-state index in [1.54, 1.807) is 0 Å². The molecule has 0 bridgehead atoms. The van der Waals surface area contributed by atoms with Gasteiger partial charge < -0.3 is 0 Å². The number of anilines is 1. The third-order valence-electron chi connectivity index (χ3n) is 3.23. The van der Waals surface area contributed by atoms with Crippen LogP contribution in [-0.4, -0.2) is 10.9 Å². The molecule has 3 rings (SSSR count). The number of hydrogen-bond acceptors (Lipinski definition) is 3. The van der Waals surface area contributed by atoms with E-state index in [1.807, 2.05) is 19.9 Å². The van der Waals surface area contributed by atoms with Crippen LogP contribution in [0.5, 0.6) is 0 Å². The monoisotopic (exact) mass is 378 g/mol. The lowest BCUT2D eigenvalue weighted by Crippen LogP contribution is -2.12. The molecule has 0 atom stereocenters. The highest BCUT2D eigenvalue weighted by atomic mass is 79.9. The van der Waals surface area contributed by atoms with Crippen molar-refractivity contribution < 1.29 is 9.18 Å². The van der Waals surface area contributed by atoms with Gasteiger partial charge in [-0.05, 0) is 65.2 Å². The fourth-order valence-corrected chi connectivity index (χ4v) is 3.83. The molecule has 0 unspecified atom stereocenters. The van der Waals surface area contributed by atoms with Crippen LogP contribution < -0.4 is 5.32 Å². The summed E-state index contributed by atoms with van der Waals surface area (Å²) in [7, 11) is 0. The fraction of sp³-hybridized carbons (Fsp3) is 0.125. The average Bonchev–Trinajstić information content (AvgIpc) is 2.81. The number of carbonyl (C=O) groups excluding carboxylic acids is 1. The molecule has 0 aliphatic heterocycles. The molecule has 0 saturated carbocycles. The number of fused-ring (bicyclic) bond motifs is 1. The van der Waals surface area contributed by atoms with Crippen LogP contribution >= 0.6 is 27.3 Å². The number of hydrogen-bond donors (Lipinski definition) is 1. The number of thiazole rings is 1. The Bertz CT molecular complexity index is 891. The van der Waals surface area contributed by atoms with Crippen LogP contribution in [0.1, 0.15) is 21.5 Å². The van der Waals surface area contributed by atoms with Gasteiger partial charge in [-0.3, -0.25) is 10.1 Å². The predicted molar refractivity (Wildman–Crippen MR) is 91.1 cm³/mol. The number of halogens is 2. The Hall–Kier alpha value is -1.79. The molecule has 1 amide bonds. The first-order valence-electron chi connectivity index (χ1n) is 6.58. The van der Waals surface area contributed by atoms with E-state index in [0.29, 0.717) is 15.2 Å². The maximum absolute atomic E-state index is 13.1. The first-order chi connectivity index (χ1) is 10.4. The van der Waals surface area contributed by atoms with Gasteiger partial charge in [0.2, 0.25) is 0 Å². The standard InChI is InChI=1S/C16H12BrFN2OS/c1-8-5-9(2)14-13(6-8)22-16(19-14)20-15(21)11-4-3-10(18)7-12(11)17/h3-7H,1-2H3,(H,19,20,21). The molecule has 2 aromatic carbocycles. The van der Waals surface area contributed by atoms with E-state index in [4.69, 9.17) is 0 Å². The summed E-state index contributed by atoms with van der Waals surface area (Å²) in [6.07, 6.45) is 0. The zero-order chi connectivity index (χ0) is 15.9. The lowest BCUT2D eigenvalue weighted by atomic mass is 10.1. The molecule has 1 aromatic heterocycles. The van der Waals surface area contributed by atoms with Gasteiger partial charge in [-0.1, -0.05) is 17.4 Å². The molecular weight excluding hydrogens is 367 g/mol. The van der Waals surface area contributed by atoms with Crippen molar-refractivity contribution in [3.05, 3.63) is 57.3 Å². The molecule has 1 heterocycles. The molecule has 0 radical (unpaired) electrons. The molecule has 112 valence electrons. The quantitative estimate of drug-likeness (QED) is 0.676. The Balaban J connectivity index is 1.92. The van der Waals surface area contributed by atoms with E-state index >= 15 is 0 Å². The van der Waals surface area contributed by atoms with Crippen LogP contribution in [0.2, 0.25) is 0 Å². The molecule has 22 heavy (non-hydrogen) atoms. The molecular formula is C16H12BrFN2OS. The van der Waals surface area contributed by atoms with Crippen molar-refractivity contribution in [3.8, 4) is 0 Å². The lowest BCUT2D eigenvalue weighted by molar-refractivity contribution is 0.102. The van der Waals surface area contributed by atoms with Crippen molar-refractivity contribution in [2.24, 2.45) is 0 Å². The van der Waals surface area contributed by atoms with Gasteiger partial charge in [-0.25, -0.2) is 9.37 Å². The Labute approximate surface area is 139 Å². The van der Waals surface area contributed by atoms with Gasteiger partial charge in [0, 0.05) is 4.47 Å². The van der Waals surface area contributed by atoms with E-state index in [-0.39, 0.29) is 5.91 Å². The summed E-state index contributed by atoms with van der Waals surface area (Å²) in [6, 6.07) is 8.07. The summed E-state index contributed by atoms with van der Waals surface area (Å²) in [5.74, 6) is -0.713. The largest absolute Gasteiger partial charge is 0.298 e. The van der Waals surface area contributed by atoms with Crippen LogP contribution in [0, 0.1) is 19.7 Å². The first-order valence-corrected chi connectivity index (χ1v) is 8.19. The smallest absolute Gasteiger partial charge is 0.258 e. The van der Waals surface area contributed by atoms with Crippen LogP contribution in [-0.2, 0) is 0 Å². The third kappa shape index (κ3) is 2.89.